The average Bonchev–Trinajstić information content (AvgIpc) is 2.33. The molecule has 0 radical (unpaired) electrons. The highest BCUT2D eigenvalue weighted by Crippen LogP contribution is 2.20. The topological polar surface area (TPSA) is 3.24 Å². The van der Waals surface area contributed by atoms with Crippen LogP contribution in [0.4, 0.5) is 0 Å². The maximum atomic E-state index is 5.89. The Bertz CT molecular complexity index is 329. The lowest BCUT2D eigenvalue weighted by Gasteiger charge is -2.31. The number of piperidine rings is 1. The standard InChI is InChI=1S/C14H20ClN/c1-12-4-2-3-5-14(12)11-16-8-6-13(10-15)7-9-16/h2-5,13H,6-11H2,1H3. The summed E-state index contributed by atoms with van der Waals surface area (Å²) in [4.78, 5) is 2.55. The van der Waals surface area contributed by atoms with Crippen molar-refractivity contribution < 1.29 is 0 Å². The Hall–Kier alpha value is -0.530. The van der Waals surface area contributed by atoms with Crippen molar-refractivity contribution in [3.63, 3.8) is 0 Å². The molecule has 0 aliphatic carbocycles. The van der Waals surface area contributed by atoms with Crippen molar-refractivity contribution in [1.29, 1.82) is 0 Å². The first kappa shape index (κ1) is 11.9. The van der Waals surface area contributed by atoms with Crippen molar-refractivity contribution in [2.75, 3.05) is 19.0 Å². The lowest BCUT2D eigenvalue weighted by molar-refractivity contribution is 0.186. The van der Waals surface area contributed by atoms with Crippen LogP contribution in [0.1, 0.15) is 24.0 Å². The van der Waals surface area contributed by atoms with Crippen molar-refractivity contribution >= 4 is 11.6 Å². The number of aryl methyl sites for hydroxylation is 1. The molecule has 2 heteroatoms. The molecule has 0 aromatic heterocycles. The summed E-state index contributed by atoms with van der Waals surface area (Å²) >= 11 is 5.89. The van der Waals surface area contributed by atoms with Crippen molar-refractivity contribution in [3.05, 3.63) is 35.4 Å². The quantitative estimate of drug-likeness (QED) is 0.728. The number of nitrogens with zero attached hydrogens (tertiary/aromatic N) is 1. The van der Waals surface area contributed by atoms with Gasteiger partial charge in [-0.1, -0.05) is 24.3 Å². The third kappa shape index (κ3) is 2.99. The summed E-state index contributed by atoms with van der Waals surface area (Å²) in [6.07, 6.45) is 2.52. The van der Waals surface area contributed by atoms with Crippen molar-refractivity contribution in [2.24, 2.45) is 5.92 Å². The molecule has 0 N–H and O–H groups in total. The van der Waals surface area contributed by atoms with Gasteiger partial charge < -0.3 is 0 Å². The van der Waals surface area contributed by atoms with Gasteiger partial charge in [-0.15, -0.1) is 11.6 Å². The Labute approximate surface area is 103 Å². The molecule has 1 aliphatic rings. The third-order valence-electron chi connectivity index (χ3n) is 3.58. The fraction of sp³-hybridized carbons (Fsp3) is 0.571. The molecular formula is C14H20ClN. The SMILES string of the molecule is Cc1ccccc1CN1CCC(CCl)CC1. The monoisotopic (exact) mass is 237 g/mol. The van der Waals surface area contributed by atoms with E-state index in [1.807, 2.05) is 0 Å². The number of likely N-dealkylation sites (tertiary alicyclic amines) is 1. The first-order valence-electron chi connectivity index (χ1n) is 6.12. The van der Waals surface area contributed by atoms with Gasteiger partial charge in [0.1, 0.15) is 0 Å². The van der Waals surface area contributed by atoms with E-state index in [1.165, 1.54) is 37.1 Å². The second-order valence-electron chi connectivity index (χ2n) is 4.80. The molecule has 0 amide bonds. The van der Waals surface area contributed by atoms with Gasteiger partial charge in [0.15, 0.2) is 0 Å². The van der Waals surface area contributed by atoms with Crippen LogP contribution in [0.25, 0.3) is 0 Å². The van der Waals surface area contributed by atoms with Crippen LogP contribution in [-0.4, -0.2) is 23.9 Å². The maximum absolute atomic E-state index is 5.89. The van der Waals surface area contributed by atoms with E-state index in [2.05, 4.69) is 36.1 Å². The minimum absolute atomic E-state index is 0.745. The summed E-state index contributed by atoms with van der Waals surface area (Å²) in [6.45, 7) is 5.69. The third-order valence-corrected chi connectivity index (χ3v) is 4.02. The van der Waals surface area contributed by atoms with Gasteiger partial charge in [0.25, 0.3) is 0 Å². The molecule has 1 saturated heterocycles. The van der Waals surface area contributed by atoms with E-state index in [-0.39, 0.29) is 0 Å². The van der Waals surface area contributed by atoms with E-state index >= 15 is 0 Å². The van der Waals surface area contributed by atoms with Gasteiger partial charge in [0.2, 0.25) is 0 Å². The Morgan fingerprint density at radius 1 is 1.25 bits per heavy atom. The molecule has 0 bridgehead atoms. The minimum atomic E-state index is 0.745. The minimum Gasteiger partial charge on any atom is -0.299 e. The van der Waals surface area contributed by atoms with Gasteiger partial charge >= 0.3 is 0 Å². The van der Waals surface area contributed by atoms with Gasteiger partial charge in [-0.05, 0) is 49.9 Å². The number of rotatable bonds is 3. The van der Waals surface area contributed by atoms with E-state index in [1.54, 1.807) is 0 Å². The molecule has 1 aromatic rings. The summed E-state index contributed by atoms with van der Waals surface area (Å²) in [5, 5.41) is 0. The lowest BCUT2D eigenvalue weighted by Crippen LogP contribution is -2.33. The smallest absolute Gasteiger partial charge is 0.0252 e. The van der Waals surface area contributed by atoms with Crippen LogP contribution in [0.3, 0.4) is 0 Å². The highest BCUT2D eigenvalue weighted by atomic mass is 35.5. The van der Waals surface area contributed by atoms with Crippen LogP contribution in [0.2, 0.25) is 0 Å². The number of halogens is 1. The molecule has 2 rings (SSSR count). The lowest BCUT2D eigenvalue weighted by atomic mass is 9.98. The van der Waals surface area contributed by atoms with Crippen molar-refractivity contribution in [1.82, 2.24) is 4.90 Å². The summed E-state index contributed by atoms with van der Waals surface area (Å²) in [7, 11) is 0. The van der Waals surface area contributed by atoms with Crippen LogP contribution < -0.4 is 0 Å². The van der Waals surface area contributed by atoms with Gasteiger partial charge in [-0.2, -0.15) is 0 Å². The number of hydrogen-bond donors (Lipinski definition) is 0. The van der Waals surface area contributed by atoms with E-state index in [9.17, 15) is 0 Å². The first-order valence-corrected chi connectivity index (χ1v) is 6.66. The van der Waals surface area contributed by atoms with Crippen LogP contribution in [-0.2, 0) is 6.54 Å². The van der Waals surface area contributed by atoms with Crippen LogP contribution in [0, 0.1) is 12.8 Å². The predicted octanol–water partition coefficient (Wildman–Crippen LogP) is 3.45. The molecule has 1 nitrogen and oxygen atoms in total. The molecule has 0 atom stereocenters. The zero-order valence-corrected chi connectivity index (χ0v) is 10.7. The largest absolute Gasteiger partial charge is 0.299 e. The Morgan fingerprint density at radius 3 is 2.56 bits per heavy atom. The molecular weight excluding hydrogens is 218 g/mol. The molecule has 1 fully saturated rings. The van der Waals surface area contributed by atoms with Gasteiger partial charge in [0.05, 0.1) is 0 Å². The van der Waals surface area contributed by atoms with E-state index < -0.39 is 0 Å². The molecule has 1 aliphatic heterocycles. The fourth-order valence-corrected chi connectivity index (χ4v) is 2.64. The zero-order valence-electron chi connectivity index (χ0n) is 9.95. The average molecular weight is 238 g/mol. The van der Waals surface area contributed by atoms with E-state index in [0.717, 1.165) is 18.3 Å². The van der Waals surface area contributed by atoms with Gasteiger partial charge in [-0.25, -0.2) is 0 Å². The highest BCUT2D eigenvalue weighted by Gasteiger charge is 2.18. The molecule has 0 unspecified atom stereocenters. The number of hydrogen-bond acceptors (Lipinski definition) is 1. The van der Waals surface area contributed by atoms with Crippen molar-refractivity contribution in [2.45, 2.75) is 26.3 Å². The van der Waals surface area contributed by atoms with Gasteiger partial charge in [0, 0.05) is 12.4 Å². The number of benzene rings is 1. The van der Waals surface area contributed by atoms with Crippen LogP contribution in [0.5, 0.6) is 0 Å². The first-order chi connectivity index (χ1) is 7.79. The highest BCUT2D eigenvalue weighted by molar-refractivity contribution is 6.18. The maximum Gasteiger partial charge on any atom is 0.0252 e. The van der Waals surface area contributed by atoms with E-state index in [0.29, 0.717) is 0 Å². The summed E-state index contributed by atoms with van der Waals surface area (Å²) in [5.74, 6) is 1.58. The molecule has 16 heavy (non-hydrogen) atoms. The Morgan fingerprint density at radius 2 is 1.94 bits per heavy atom. The molecule has 1 aromatic carbocycles. The van der Waals surface area contributed by atoms with Crippen LogP contribution in [0.15, 0.2) is 24.3 Å². The summed E-state index contributed by atoms with van der Waals surface area (Å²) in [5.41, 5.74) is 2.87. The Kier molecular flexibility index (Phi) is 4.25. The second-order valence-corrected chi connectivity index (χ2v) is 5.11. The molecule has 88 valence electrons. The van der Waals surface area contributed by atoms with Crippen LogP contribution >= 0.6 is 11.6 Å². The van der Waals surface area contributed by atoms with Crippen molar-refractivity contribution in [3.8, 4) is 0 Å². The van der Waals surface area contributed by atoms with E-state index in [4.69, 9.17) is 11.6 Å². The predicted molar refractivity (Wildman–Crippen MR) is 69.9 cm³/mol. The summed E-state index contributed by atoms with van der Waals surface area (Å²) in [6, 6.07) is 8.68. The second kappa shape index (κ2) is 5.70. The Balaban J connectivity index is 1.89. The molecule has 0 saturated carbocycles. The summed E-state index contributed by atoms with van der Waals surface area (Å²) < 4.78 is 0. The normalized spacial score (nSPS) is 18.9. The van der Waals surface area contributed by atoms with Gasteiger partial charge in [-0.3, -0.25) is 4.90 Å². The zero-order chi connectivity index (χ0) is 11.4. The molecule has 1 heterocycles. The molecule has 0 spiro atoms. The fourth-order valence-electron chi connectivity index (χ4n) is 2.33. The number of alkyl halides is 1.